The lowest BCUT2D eigenvalue weighted by molar-refractivity contribution is -0.154. The lowest BCUT2D eigenvalue weighted by Gasteiger charge is -2.37. The number of carboxylic acid groups (broad SMARTS) is 1. The number of benzene rings is 1. The largest absolute Gasteiger partial charge is 0.492 e. The summed E-state index contributed by atoms with van der Waals surface area (Å²) in [6.07, 6.45) is 3.80. The van der Waals surface area contributed by atoms with Crippen LogP contribution in [0.1, 0.15) is 31.2 Å². The van der Waals surface area contributed by atoms with E-state index >= 15 is 0 Å². The lowest BCUT2D eigenvalue weighted by Crippen LogP contribution is -2.39. The Balaban J connectivity index is 2.02. The number of carbonyl (C=O) groups is 1. The minimum absolute atomic E-state index is 0.529. The first-order valence-electron chi connectivity index (χ1n) is 7.21. The van der Waals surface area contributed by atoms with E-state index in [0.717, 1.165) is 31.2 Å². The standard InChI is InChI=1S/C16H21ClO4/c1-20-8-3-9-21-14-10-12(4-5-13(14)17)11-16(15(18)19)6-2-7-16/h4-5,10H,2-3,6-9,11H2,1H3,(H,18,19). The molecule has 1 N–H and O–H groups in total. The van der Waals surface area contributed by atoms with Crippen molar-refractivity contribution in [2.24, 2.45) is 5.41 Å². The number of rotatable bonds is 8. The smallest absolute Gasteiger partial charge is 0.309 e. The highest BCUT2D eigenvalue weighted by Crippen LogP contribution is 2.44. The van der Waals surface area contributed by atoms with Crippen molar-refractivity contribution in [1.82, 2.24) is 0 Å². The summed E-state index contributed by atoms with van der Waals surface area (Å²) in [5.74, 6) is -0.0867. The third-order valence-electron chi connectivity index (χ3n) is 4.05. The van der Waals surface area contributed by atoms with Gasteiger partial charge in [0.2, 0.25) is 0 Å². The molecule has 0 saturated heterocycles. The van der Waals surface area contributed by atoms with Gasteiger partial charge in [-0.05, 0) is 37.0 Å². The fraction of sp³-hybridized carbons (Fsp3) is 0.562. The van der Waals surface area contributed by atoms with Gasteiger partial charge in [0.1, 0.15) is 5.75 Å². The maximum absolute atomic E-state index is 11.4. The van der Waals surface area contributed by atoms with E-state index in [0.29, 0.717) is 30.4 Å². The maximum Gasteiger partial charge on any atom is 0.309 e. The molecular weight excluding hydrogens is 292 g/mol. The van der Waals surface area contributed by atoms with Crippen LogP contribution in [0.4, 0.5) is 0 Å². The molecule has 0 spiro atoms. The zero-order chi connectivity index (χ0) is 15.3. The molecule has 2 rings (SSSR count). The van der Waals surface area contributed by atoms with Gasteiger partial charge in [-0.25, -0.2) is 0 Å². The van der Waals surface area contributed by atoms with Crippen molar-refractivity contribution in [1.29, 1.82) is 0 Å². The summed E-state index contributed by atoms with van der Waals surface area (Å²) in [6.45, 7) is 1.17. The first-order chi connectivity index (χ1) is 10.1. The second-order valence-corrected chi connectivity index (χ2v) is 5.98. The first-order valence-corrected chi connectivity index (χ1v) is 7.59. The molecule has 0 atom stereocenters. The van der Waals surface area contributed by atoms with Crippen LogP contribution in [0, 0.1) is 5.41 Å². The fourth-order valence-corrected chi connectivity index (χ4v) is 2.79. The molecule has 21 heavy (non-hydrogen) atoms. The Bertz CT molecular complexity index is 497. The molecule has 116 valence electrons. The number of aliphatic carboxylic acids is 1. The highest BCUT2D eigenvalue weighted by atomic mass is 35.5. The normalized spacial score (nSPS) is 16.3. The van der Waals surface area contributed by atoms with Gasteiger partial charge in [-0.2, -0.15) is 0 Å². The van der Waals surface area contributed by atoms with Crippen LogP contribution in [0.25, 0.3) is 0 Å². The van der Waals surface area contributed by atoms with Gasteiger partial charge in [-0.3, -0.25) is 4.79 Å². The predicted molar refractivity (Wildman–Crippen MR) is 81.1 cm³/mol. The van der Waals surface area contributed by atoms with Crippen molar-refractivity contribution in [3.05, 3.63) is 28.8 Å². The Labute approximate surface area is 130 Å². The zero-order valence-electron chi connectivity index (χ0n) is 12.2. The van der Waals surface area contributed by atoms with Gasteiger partial charge in [0.05, 0.1) is 17.0 Å². The molecular formula is C16H21ClO4. The zero-order valence-corrected chi connectivity index (χ0v) is 13.0. The molecule has 0 bridgehead atoms. The average molecular weight is 313 g/mol. The van der Waals surface area contributed by atoms with Crippen molar-refractivity contribution in [2.45, 2.75) is 32.1 Å². The van der Waals surface area contributed by atoms with Crippen LogP contribution in [0.3, 0.4) is 0 Å². The molecule has 4 nitrogen and oxygen atoms in total. The summed E-state index contributed by atoms with van der Waals surface area (Å²) in [7, 11) is 1.65. The van der Waals surface area contributed by atoms with E-state index in [4.69, 9.17) is 21.1 Å². The van der Waals surface area contributed by atoms with E-state index in [2.05, 4.69) is 0 Å². The summed E-state index contributed by atoms with van der Waals surface area (Å²) in [4.78, 5) is 11.4. The molecule has 0 unspecified atom stereocenters. The molecule has 1 aliphatic carbocycles. The minimum atomic E-state index is -0.703. The van der Waals surface area contributed by atoms with Gasteiger partial charge in [-0.1, -0.05) is 24.1 Å². The Morgan fingerprint density at radius 3 is 2.71 bits per heavy atom. The van der Waals surface area contributed by atoms with E-state index in [1.807, 2.05) is 12.1 Å². The second-order valence-electron chi connectivity index (χ2n) is 5.58. The summed E-state index contributed by atoms with van der Waals surface area (Å²) in [5, 5.41) is 9.95. The van der Waals surface area contributed by atoms with Gasteiger partial charge in [0.15, 0.2) is 0 Å². The molecule has 0 aromatic heterocycles. The van der Waals surface area contributed by atoms with E-state index in [1.54, 1.807) is 13.2 Å². The van der Waals surface area contributed by atoms with Gasteiger partial charge in [-0.15, -0.1) is 0 Å². The van der Waals surface area contributed by atoms with Crippen molar-refractivity contribution in [3.8, 4) is 5.75 Å². The van der Waals surface area contributed by atoms with Gasteiger partial charge in [0, 0.05) is 20.1 Å². The van der Waals surface area contributed by atoms with Crippen LogP contribution in [0.15, 0.2) is 18.2 Å². The van der Waals surface area contributed by atoms with Crippen molar-refractivity contribution in [2.75, 3.05) is 20.3 Å². The first kappa shape index (κ1) is 16.1. The van der Waals surface area contributed by atoms with E-state index < -0.39 is 11.4 Å². The Hall–Kier alpha value is -1.26. The van der Waals surface area contributed by atoms with Gasteiger partial charge >= 0.3 is 5.97 Å². The van der Waals surface area contributed by atoms with E-state index in [9.17, 15) is 9.90 Å². The molecule has 1 aromatic rings. The summed E-state index contributed by atoms with van der Waals surface area (Å²) < 4.78 is 10.6. The highest BCUT2D eigenvalue weighted by Gasteiger charge is 2.44. The SMILES string of the molecule is COCCCOc1cc(CC2(C(=O)O)CCC2)ccc1Cl. The molecule has 1 aromatic carbocycles. The summed E-state index contributed by atoms with van der Waals surface area (Å²) >= 11 is 6.12. The van der Waals surface area contributed by atoms with Crippen molar-refractivity contribution >= 4 is 17.6 Å². The van der Waals surface area contributed by atoms with Crippen LogP contribution in [-0.2, 0) is 16.0 Å². The van der Waals surface area contributed by atoms with Crippen LogP contribution in [0.2, 0.25) is 5.02 Å². The molecule has 0 amide bonds. The molecule has 1 saturated carbocycles. The Kier molecular flexibility index (Phi) is 5.48. The summed E-state index contributed by atoms with van der Waals surface area (Å²) in [5.41, 5.74) is 0.365. The number of ether oxygens (including phenoxy) is 2. The quantitative estimate of drug-likeness (QED) is 0.746. The number of halogens is 1. The highest BCUT2D eigenvalue weighted by molar-refractivity contribution is 6.32. The van der Waals surface area contributed by atoms with Gasteiger partial charge < -0.3 is 14.6 Å². The molecule has 0 aliphatic heterocycles. The maximum atomic E-state index is 11.4. The topological polar surface area (TPSA) is 55.8 Å². The molecule has 1 fully saturated rings. The molecule has 1 aliphatic rings. The average Bonchev–Trinajstić information content (AvgIpc) is 2.41. The van der Waals surface area contributed by atoms with Crippen LogP contribution >= 0.6 is 11.6 Å². The van der Waals surface area contributed by atoms with Crippen LogP contribution < -0.4 is 4.74 Å². The second kappa shape index (κ2) is 7.14. The Morgan fingerprint density at radius 1 is 1.38 bits per heavy atom. The van der Waals surface area contributed by atoms with Crippen LogP contribution in [0.5, 0.6) is 5.75 Å². The van der Waals surface area contributed by atoms with Gasteiger partial charge in [0.25, 0.3) is 0 Å². The third-order valence-corrected chi connectivity index (χ3v) is 4.37. The number of hydrogen-bond acceptors (Lipinski definition) is 3. The van der Waals surface area contributed by atoms with Crippen molar-refractivity contribution in [3.63, 3.8) is 0 Å². The minimum Gasteiger partial charge on any atom is -0.492 e. The summed E-state index contributed by atoms with van der Waals surface area (Å²) in [6, 6.07) is 5.52. The number of carboxylic acids is 1. The van der Waals surface area contributed by atoms with E-state index in [1.165, 1.54) is 0 Å². The fourth-order valence-electron chi connectivity index (χ4n) is 2.61. The molecule has 5 heteroatoms. The molecule has 0 heterocycles. The lowest BCUT2D eigenvalue weighted by atomic mass is 9.65. The predicted octanol–water partition coefficient (Wildman–Crippen LogP) is 3.55. The third kappa shape index (κ3) is 3.89. The van der Waals surface area contributed by atoms with Crippen molar-refractivity contribution < 1.29 is 19.4 Å². The Morgan fingerprint density at radius 2 is 2.14 bits per heavy atom. The number of hydrogen-bond donors (Lipinski definition) is 1. The monoisotopic (exact) mass is 312 g/mol. The van der Waals surface area contributed by atoms with E-state index in [-0.39, 0.29) is 0 Å². The van der Waals surface area contributed by atoms with Crippen LogP contribution in [-0.4, -0.2) is 31.4 Å². The number of methoxy groups -OCH3 is 1. The molecule has 0 radical (unpaired) electrons.